The number of hydrazine groups is 1. The monoisotopic (exact) mass is 554 g/mol. The summed E-state index contributed by atoms with van der Waals surface area (Å²) in [6.07, 6.45) is 0. The molecular formula is C33H50N2O3S. The number of carbonyl (C=O) groups is 1. The summed E-state index contributed by atoms with van der Waals surface area (Å²) in [5, 5.41) is 24.2. The van der Waals surface area contributed by atoms with Gasteiger partial charge in [-0.05, 0) is 55.0 Å². The summed E-state index contributed by atoms with van der Waals surface area (Å²) >= 11 is 1.63. The number of rotatable bonds is 4. The SMILES string of the molecule is CNN1CSC(C(c2cc(C(C)(C)C)c(O)c(C(C)(C)C)c2)c2cc(C(C)(C)C)c(O)c(C(C)(C)C)c2)C1=O. The van der Waals surface area contributed by atoms with Crippen LogP contribution in [0.3, 0.4) is 0 Å². The Labute approximate surface area is 240 Å². The molecular weight excluding hydrogens is 504 g/mol. The lowest BCUT2D eigenvalue weighted by atomic mass is 9.73. The first-order valence-electron chi connectivity index (χ1n) is 13.9. The lowest BCUT2D eigenvalue weighted by Crippen LogP contribution is -2.40. The standard InChI is InChI=1S/C33H50N2O3S/c1-30(2,3)21-14-19(15-22(26(21)36)31(4,5)6)25(28-29(38)35(34-13)18-39-28)20-16-23(32(7,8)9)27(37)24(17-20)33(10,11)12/h14-17,25,28,34,36-37H,18H2,1-13H3. The van der Waals surface area contributed by atoms with E-state index in [1.165, 1.54) is 0 Å². The van der Waals surface area contributed by atoms with Crippen LogP contribution >= 0.6 is 11.8 Å². The smallest absolute Gasteiger partial charge is 0.251 e. The highest BCUT2D eigenvalue weighted by Crippen LogP contribution is 2.48. The molecule has 3 N–H and O–H groups in total. The summed E-state index contributed by atoms with van der Waals surface area (Å²) in [6, 6.07) is 8.41. The van der Waals surface area contributed by atoms with E-state index in [2.05, 4.69) is 113 Å². The molecule has 0 aliphatic carbocycles. The van der Waals surface area contributed by atoms with Crippen molar-refractivity contribution in [2.75, 3.05) is 12.9 Å². The molecule has 1 unspecified atom stereocenters. The summed E-state index contributed by atoms with van der Waals surface area (Å²) < 4.78 is 0. The third kappa shape index (κ3) is 6.27. The molecule has 216 valence electrons. The summed E-state index contributed by atoms with van der Waals surface area (Å²) in [5.74, 6) is 0.986. The van der Waals surface area contributed by atoms with E-state index in [0.717, 1.165) is 33.4 Å². The van der Waals surface area contributed by atoms with Gasteiger partial charge in [0.05, 0.1) is 11.1 Å². The number of phenolic OH excluding ortho intramolecular Hbond substituents is 2. The zero-order valence-corrected chi connectivity index (χ0v) is 27.1. The van der Waals surface area contributed by atoms with Gasteiger partial charge < -0.3 is 10.2 Å². The van der Waals surface area contributed by atoms with Gasteiger partial charge in [-0.3, -0.25) is 9.80 Å². The number of hydrogen-bond acceptors (Lipinski definition) is 5. The van der Waals surface area contributed by atoms with Crippen molar-refractivity contribution in [2.24, 2.45) is 0 Å². The van der Waals surface area contributed by atoms with Gasteiger partial charge in [0, 0.05) is 13.0 Å². The van der Waals surface area contributed by atoms with E-state index >= 15 is 0 Å². The van der Waals surface area contributed by atoms with Gasteiger partial charge in [-0.2, -0.15) is 0 Å². The number of benzene rings is 2. The predicted octanol–water partition coefficient (Wildman–Crippen LogP) is 7.46. The second-order valence-corrected chi connectivity index (χ2v) is 16.2. The molecule has 1 atom stereocenters. The highest BCUT2D eigenvalue weighted by atomic mass is 32.2. The van der Waals surface area contributed by atoms with E-state index in [1.807, 2.05) is 0 Å². The topological polar surface area (TPSA) is 72.8 Å². The molecule has 3 rings (SSSR count). The normalized spacial score (nSPS) is 17.4. The zero-order valence-electron chi connectivity index (χ0n) is 26.3. The van der Waals surface area contributed by atoms with Crippen LogP contribution in [0, 0.1) is 0 Å². The van der Waals surface area contributed by atoms with E-state index < -0.39 is 0 Å². The Kier molecular flexibility index (Phi) is 8.31. The van der Waals surface area contributed by atoms with Gasteiger partial charge in [0.2, 0.25) is 0 Å². The van der Waals surface area contributed by atoms with Gasteiger partial charge >= 0.3 is 0 Å². The molecule has 1 fully saturated rings. The van der Waals surface area contributed by atoms with Crippen molar-refractivity contribution in [3.05, 3.63) is 57.6 Å². The molecule has 0 aromatic heterocycles. The van der Waals surface area contributed by atoms with Gasteiger partial charge in [-0.1, -0.05) is 107 Å². The van der Waals surface area contributed by atoms with Crippen LogP contribution in [-0.4, -0.2) is 39.3 Å². The fourth-order valence-electron chi connectivity index (χ4n) is 5.36. The number of nitrogens with one attached hydrogen (secondary N) is 1. The van der Waals surface area contributed by atoms with Gasteiger partial charge in [0.25, 0.3) is 5.91 Å². The number of thioether (sulfide) groups is 1. The largest absolute Gasteiger partial charge is 0.507 e. The molecule has 0 spiro atoms. The summed E-state index contributed by atoms with van der Waals surface area (Å²) in [5.41, 5.74) is 7.39. The number of phenols is 2. The highest BCUT2D eigenvalue weighted by molar-refractivity contribution is 8.01. The van der Waals surface area contributed by atoms with Crippen molar-refractivity contribution in [3.63, 3.8) is 0 Å². The minimum Gasteiger partial charge on any atom is -0.507 e. The number of amides is 1. The maximum Gasteiger partial charge on any atom is 0.251 e. The molecule has 39 heavy (non-hydrogen) atoms. The molecule has 1 aliphatic heterocycles. The lowest BCUT2D eigenvalue weighted by molar-refractivity contribution is -0.131. The van der Waals surface area contributed by atoms with Crippen LogP contribution in [0.1, 0.15) is 122 Å². The highest BCUT2D eigenvalue weighted by Gasteiger charge is 2.42. The van der Waals surface area contributed by atoms with Crippen molar-refractivity contribution in [3.8, 4) is 11.5 Å². The Morgan fingerprint density at radius 2 is 1.03 bits per heavy atom. The average Bonchev–Trinajstić information content (AvgIpc) is 3.12. The van der Waals surface area contributed by atoms with Crippen LogP contribution < -0.4 is 5.43 Å². The van der Waals surface area contributed by atoms with Gasteiger partial charge in [-0.15, -0.1) is 11.8 Å². The molecule has 6 heteroatoms. The molecule has 0 saturated carbocycles. The quantitative estimate of drug-likeness (QED) is 0.366. The molecule has 5 nitrogen and oxygen atoms in total. The third-order valence-electron chi connectivity index (χ3n) is 7.68. The fourth-order valence-corrected chi connectivity index (χ4v) is 6.70. The summed E-state index contributed by atoms with van der Waals surface area (Å²) in [4.78, 5) is 13.7. The van der Waals surface area contributed by atoms with E-state index in [1.54, 1.807) is 23.8 Å². The average molecular weight is 555 g/mol. The molecule has 1 saturated heterocycles. The van der Waals surface area contributed by atoms with Crippen molar-refractivity contribution in [2.45, 2.75) is 116 Å². The van der Waals surface area contributed by atoms with E-state index in [0.29, 0.717) is 17.4 Å². The number of aromatic hydroxyl groups is 2. The maximum atomic E-state index is 13.7. The number of carbonyl (C=O) groups excluding carboxylic acids is 1. The summed E-state index contributed by atoms with van der Waals surface area (Å²) in [6.45, 7) is 25.4. The van der Waals surface area contributed by atoms with Crippen LogP contribution in [0.2, 0.25) is 0 Å². The van der Waals surface area contributed by atoms with Crippen LogP contribution in [0.15, 0.2) is 24.3 Å². The number of nitrogens with zero attached hydrogens (tertiary/aromatic N) is 1. The second kappa shape index (κ2) is 10.3. The number of hydrogen-bond donors (Lipinski definition) is 3. The lowest BCUT2D eigenvalue weighted by Gasteiger charge is -2.33. The van der Waals surface area contributed by atoms with Gasteiger partial charge in [0.15, 0.2) is 0 Å². The Balaban J connectivity index is 2.47. The minimum absolute atomic E-state index is 0.0397. The fraction of sp³-hybridized carbons (Fsp3) is 0.606. The van der Waals surface area contributed by atoms with Crippen LogP contribution in [0.25, 0.3) is 0 Å². The zero-order chi connectivity index (χ0) is 29.9. The predicted molar refractivity (Wildman–Crippen MR) is 165 cm³/mol. The molecule has 1 amide bonds. The van der Waals surface area contributed by atoms with Crippen LogP contribution in [0.5, 0.6) is 11.5 Å². The van der Waals surface area contributed by atoms with Crippen molar-refractivity contribution >= 4 is 17.7 Å². The molecule has 2 aromatic rings. The summed E-state index contributed by atoms with van der Waals surface area (Å²) in [7, 11) is 1.78. The Morgan fingerprint density at radius 1 is 0.718 bits per heavy atom. The van der Waals surface area contributed by atoms with Crippen molar-refractivity contribution in [1.29, 1.82) is 0 Å². The van der Waals surface area contributed by atoms with Crippen molar-refractivity contribution in [1.82, 2.24) is 10.4 Å². The first-order valence-corrected chi connectivity index (χ1v) is 15.0. The van der Waals surface area contributed by atoms with E-state index in [-0.39, 0.29) is 38.7 Å². The van der Waals surface area contributed by atoms with E-state index in [9.17, 15) is 15.0 Å². The van der Waals surface area contributed by atoms with Gasteiger partial charge in [0.1, 0.15) is 11.5 Å². The molecule has 0 radical (unpaired) electrons. The Morgan fingerprint density at radius 3 is 1.26 bits per heavy atom. The molecule has 0 bridgehead atoms. The third-order valence-corrected chi connectivity index (χ3v) is 8.92. The van der Waals surface area contributed by atoms with Gasteiger partial charge in [-0.25, -0.2) is 5.43 Å². The molecule has 1 aliphatic rings. The Hall–Kier alpha value is -2.18. The van der Waals surface area contributed by atoms with E-state index in [4.69, 9.17) is 0 Å². The Bertz CT molecular complexity index is 1090. The second-order valence-electron chi connectivity index (χ2n) is 15.1. The molecule has 1 heterocycles. The minimum atomic E-state index is -0.354. The first kappa shape index (κ1) is 31.3. The maximum absolute atomic E-state index is 13.7. The van der Waals surface area contributed by atoms with Crippen molar-refractivity contribution < 1.29 is 15.0 Å². The molecule has 2 aromatic carbocycles. The van der Waals surface area contributed by atoms with Crippen LogP contribution in [-0.2, 0) is 26.5 Å². The first-order chi connectivity index (χ1) is 17.6. The van der Waals surface area contributed by atoms with Crippen LogP contribution in [0.4, 0.5) is 0 Å².